The maximum Gasteiger partial charge on any atom is 0.407 e. The quantitative estimate of drug-likeness (QED) is 0.788. The number of rotatable bonds is 6. The van der Waals surface area contributed by atoms with Gasteiger partial charge in [0.15, 0.2) is 0 Å². The number of carbonyl (C=O) groups is 2. The summed E-state index contributed by atoms with van der Waals surface area (Å²) in [5.74, 6) is -0.210. The fraction of sp³-hybridized carbons (Fsp3) is 0.600. The van der Waals surface area contributed by atoms with Crippen molar-refractivity contribution < 1.29 is 19.1 Å². The van der Waals surface area contributed by atoms with Crippen LogP contribution in [0.25, 0.3) is 0 Å². The van der Waals surface area contributed by atoms with E-state index in [1.165, 1.54) is 7.11 Å². The van der Waals surface area contributed by atoms with E-state index < -0.39 is 11.7 Å². The Morgan fingerprint density at radius 3 is 2.58 bits per heavy atom. The van der Waals surface area contributed by atoms with Crippen LogP contribution in [0.4, 0.5) is 4.79 Å². The Hall–Kier alpha value is -2.08. The molecule has 1 heterocycles. The highest BCUT2D eigenvalue weighted by molar-refractivity contribution is 5.76. The summed E-state index contributed by atoms with van der Waals surface area (Å²) < 4.78 is 10.3. The van der Waals surface area contributed by atoms with Crippen LogP contribution in [0.15, 0.2) is 30.3 Å². The minimum Gasteiger partial charge on any atom is -0.468 e. The molecular formula is C20H30N2O4. The van der Waals surface area contributed by atoms with Gasteiger partial charge in [0.25, 0.3) is 0 Å². The molecule has 6 heteroatoms. The van der Waals surface area contributed by atoms with E-state index in [0.29, 0.717) is 13.0 Å². The molecule has 0 radical (unpaired) electrons. The number of benzene rings is 1. The minimum atomic E-state index is -0.552. The van der Waals surface area contributed by atoms with Crippen molar-refractivity contribution in [3.63, 3.8) is 0 Å². The number of methoxy groups -OCH3 is 1. The lowest BCUT2D eigenvalue weighted by Gasteiger charge is -2.29. The molecule has 1 aromatic carbocycles. The number of nitrogens with zero attached hydrogens (tertiary/aromatic N) is 1. The summed E-state index contributed by atoms with van der Waals surface area (Å²) in [6.07, 6.45) is 1.97. The zero-order valence-corrected chi connectivity index (χ0v) is 16.2. The lowest BCUT2D eigenvalue weighted by molar-refractivity contribution is -0.145. The number of hydrogen-bond donors (Lipinski definition) is 1. The second-order valence-corrected chi connectivity index (χ2v) is 7.71. The SMILES string of the molecule is COC(=O)[C@@H]1CCCN1C[C@H](Cc1ccccc1)NC(=O)OC(C)(C)C. The summed E-state index contributed by atoms with van der Waals surface area (Å²) in [6.45, 7) is 6.92. The Bertz CT molecular complexity index is 598. The normalized spacial score (nSPS) is 19.0. The topological polar surface area (TPSA) is 67.9 Å². The highest BCUT2D eigenvalue weighted by Crippen LogP contribution is 2.19. The summed E-state index contributed by atoms with van der Waals surface area (Å²) in [7, 11) is 1.42. The van der Waals surface area contributed by atoms with E-state index >= 15 is 0 Å². The average Bonchev–Trinajstić information content (AvgIpc) is 3.01. The summed E-state index contributed by atoms with van der Waals surface area (Å²) in [4.78, 5) is 26.4. The average molecular weight is 362 g/mol. The van der Waals surface area contributed by atoms with E-state index in [-0.39, 0.29) is 18.1 Å². The lowest BCUT2D eigenvalue weighted by Crippen LogP contribution is -2.49. The molecule has 1 amide bonds. The molecule has 1 saturated heterocycles. The number of alkyl carbamates (subject to hydrolysis) is 1. The molecule has 0 saturated carbocycles. The Balaban J connectivity index is 2.07. The van der Waals surface area contributed by atoms with Crippen LogP contribution in [0.3, 0.4) is 0 Å². The number of likely N-dealkylation sites (tertiary alicyclic amines) is 1. The zero-order valence-electron chi connectivity index (χ0n) is 16.2. The van der Waals surface area contributed by atoms with Crippen LogP contribution >= 0.6 is 0 Å². The van der Waals surface area contributed by atoms with Gasteiger partial charge in [-0.2, -0.15) is 0 Å². The van der Waals surface area contributed by atoms with Crippen LogP contribution in [0.1, 0.15) is 39.2 Å². The van der Waals surface area contributed by atoms with Gasteiger partial charge in [-0.15, -0.1) is 0 Å². The molecule has 144 valence electrons. The van der Waals surface area contributed by atoms with Crippen molar-refractivity contribution in [2.45, 2.75) is 57.7 Å². The molecule has 1 aliphatic heterocycles. The fourth-order valence-corrected chi connectivity index (χ4v) is 3.26. The summed E-state index contributed by atoms with van der Waals surface area (Å²) in [5.41, 5.74) is 0.575. The first-order chi connectivity index (χ1) is 12.3. The molecule has 0 unspecified atom stereocenters. The van der Waals surface area contributed by atoms with Gasteiger partial charge in [0.2, 0.25) is 0 Å². The Labute approximate surface area is 155 Å². The second kappa shape index (κ2) is 9.03. The Morgan fingerprint density at radius 2 is 1.96 bits per heavy atom. The van der Waals surface area contributed by atoms with Gasteiger partial charge in [0, 0.05) is 12.6 Å². The molecule has 2 atom stereocenters. The molecule has 0 bridgehead atoms. The molecule has 1 N–H and O–H groups in total. The van der Waals surface area contributed by atoms with Crippen molar-refractivity contribution >= 4 is 12.1 Å². The molecule has 1 fully saturated rings. The van der Waals surface area contributed by atoms with Crippen molar-refractivity contribution in [2.24, 2.45) is 0 Å². The van der Waals surface area contributed by atoms with E-state index in [1.807, 2.05) is 51.1 Å². The summed E-state index contributed by atoms with van der Waals surface area (Å²) in [5, 5.41) is 2.97. The van der Waals surface area contributed by atoms with E-state index in [9.17, 15) is 9.59 Å². The minimum absolute atomic E-state index is 0.155. The number of nitrogens with one attached hydrogen (secondary N) is 1. The van der Waals surface area contributed by atoms with E-state index in [2.05, 4.69) is 10.2 Å². The van der Waals surface area contributed by atoms with E-state index in [0.717, 1.165) is 24.9 Å². The van der Waals surface area contributed by atoms with Crippen LogP contribution in [0, 0.1) is 0 Å². The number of hydrogen-bond acceptors (Lipinski definition) is 5. The van der Waals surface area contributed by atoms with Crippen LogP contribution < -0.4 is 5.32 Å². The summed E-state index contributed by atoms with van der Waals surface area (Å²) >= 11 is 0. The van der Waals surface area contributed by atoms with Gasteiger partial charge in [-0.1, -0.05) is 30.3 Å². The van der Waals surface area contributed by atoms with Gasteiger partial charge in [-0.05, 0) is 52.1 Å². The van der Waals surface area contributed by atoms with Gasteiger partial charge < -0.3 is 14.8 Å². The third kappa shape index (κ3) is 6.33. The first-order valence-corrected chi connectivity index (χ1v) is 9.14. The van der Waals surface area contributed by atoms with E-state index in [1.54, 1.807) is 0 Å². The molecule has 1 aromatic rings. The lowest BCUT2D eigenvalue weighted by atomic mass is 10.1. The van der Waals surface area contributed by atoms with Gasteiger partial charge in [0.05, 0.1) is 7.11 Å². The molecule has 6 nitrogen and oxygen atoms in total. The monoisotopic (exact) mass is 362 g/mol. The van der Waals surface area contributed by atoms with Crippen LogP contribution in [-0.4, -0.2) is 54.8 Å². The molecule has 26 heavy (non-hydrogen) atoms. The maximum absolute atomic E-state index is 12.3. The first-order valence-electron chi connectivity index (χ1n) is 9.14. The van der Waals surface area contributed by atoms with Crippen molar-refractivity contribution in [2.75, 3.05) is 20.2 Å². The van der Waals surface area contributed by atoms with Crippen molar-refractivity contribution in [1.29, 1.82) is 0 Å². The molecule has 2 rings (SSSR count). The Morgan fingerprint density at radius 1 is 1.27 bits per heavy atom. The fourth-order valence-electron chi connectivity index (χ4n) is 3.26. The van der Waals surface area contributed by atoms with Crippen molar-refractivity contribution in [3.05, 3.63) is 35.9 Å². The van der Waals surface area contributed by atoms with Gasteiger partial charge in [-0.25, -0.2) is 4.79 Å². The molecular weight excluding hydrogens is 332 g/mol. The first kappa shape index (κ1) is 20.2. The zero-order chi connectivity index (χ0) is 19.2. The maximum atomic E-state index is 12.3. The predicted molar refractivity (Wildman–Crippen MR) is 99.9 cm³/mol. The van der Waals surface area contributed by atoms with Gasteiger partial charge in [-0.3, -0.25) is 9.69 Å². The molecule has 0 spiro atoms. The number of esters is 1. The highest BCUT2D eigenvalue weighted by atomic mass is 16.6. The van der Waals surface area contributed by atoms with Crippen LogP contribution in [-0.2, 0) is 20.7 Å². The second-order valence-electron chi connectivity index (χ2n) is 7.71. The smallest absolute Gasteiger partial charge is 0.407 e. The van der Waals surface area contributed by atoms with Crippen molar-refractivity contribution in [3.8, 4) is 0 Å². The third-order valence-electron chi connectivity index (χ3n) is 4.34. The molecule has 0 aliphatic carbocycles. The summed E-state index contributed by atoms with van der Waals surface area (Å²) in [6, 6.07) is 9.60. The van der Waals surface area contributed by atoms with Crippen LogP contribution in [0.5, 0.6) is 0 Å². The predicted octanol–water partition coefficient (Wildman–Crippen LogP) is 2.76. The third-order valence-corrected chi connectivity index (χ3v) is 4.34. The standard InChI is InChI=1S/C20H30N2O4/c1-20(2,3)26-19(24)21-16(13-15-9-6-5-7-10-15)14-22-12-8-11-17(22)18(23)25-4/h5-7,9-10,16-17H,8,11-14H2,1-4H3,(H,21,24)/t16-,17-/m0/s1. The highest BCUT2D eigenvalue weighted by Gasteiger charge is 2.33. The number of carbonyl (C=O) groups excluding carboxylic acids is 2. The Kier molecular flexibility index (Phi) is 7.03. The van der Waals surface area contributed by atoms with E-state index in [4.69, 9.17) is 9.47 Å². The van der Waals surface area contributed by atoms with Gasteiger partial charge in [0.1, 0.15) is 11.6 Å². The number of amides is 1. The largest absolute Gasteiger partial charge is 0.468 e. The molecule has 1 aliphatic rings. The van der Waals surface area contributed by atoms with Crippen molar-refractivity contribution in [1.82, 2.24) is 10.2 Å². The van der Waals surface area contributed by atoms with Crippen LogP contribution in [0.2, 0.25) is 0 Å². The molecule has 0 aromatic heterocycles. The number of ether oxygens (including phenoxy) is 2. The van der Waals surface area contributed by atoms with Gasteiger partial charge >= 0.3 is 12.1 Å².